The van der Waals surface area contributed by atoms with Crippen molar-refractivity contribution in [3.8, 4) is 11.3 Å². The number of nitrogen functional groups attached to an aromatic ring is 1. The van der Waals surface area contributed by atoms with Gasteiger partial charge in [-0.2, -0.15) is 0 Å². The van der Waals surface area contributed by atoms with Crippen molar-refractivity contribution in [1.82, 2.24) is 9.97 Å². The molecule has 2 aromatic rings. The van der Waals surface area contributed by atoms with Gasteiger partial charge in [-0.25, -0.2) is 9.97 Å². The molecular weight excluding hydrogens is 233 g/mol. The van der Waals surface area contributed by atoms with Gasteiger partial charge in [0.1, 0.15) is 0 Å². The number of hydrogen-bond donors (Lipinski definition) is 1. The SMILES string of the molecule is Nc1ncc(-c2cccc(Cl)c2)nc1Cl. The summed E-state index contributed by atoms with van der Waals surface area (Å²) in [4.78, 5) is 8.03. The van der Waals surface area contributed by atoms with Gasteiger partial charge in [0.25, 0.3) is 0 Å². The minimum atomic E-state index is 0.201. The Labute approximate surface area is 96.9 Å². The topological polar surface area (TPSA) is 51.8 Å². The van der Waals surface area contributed by atoms with E-state index >= 15 is 0 Å². The fraction of sp³-hybridized carbons (Fsp3) is 0. The Hall–Kier alpha value is -1.32. The highest BCUT2D eigenvalue weighted by atomic mass is 35.5. The first-order valence-electron chi connectivity index (χ1n) is 4.21. The van der Waals surface area contributed by atoms with Crippen LogP contribution in [0.4, 0.5) is 5.82 Å². The molecule has 0 unspecified atom stereocenters. The second-order valence-corrected chi connectivity index (χ2v) is 3.74. The van der Waals surface area contributed by atoms with Crippen LogP contribution >= 0.6 is 23.2 Å². The zero-order valence-electron chi connectivity index (χ0n) is 7.61. The second kappa shape index (κ2) is 4.04. The molecule has 0 fully saturated rings. The molecule has 0 bridgehead atoms. The van der Waals surface area contributed by atoms with Crippen LogP contribution < -0.4 is 5.73 Å². The Morgan fingerprint density at radius 1 is 1.20 bits per heavy atom. The highest BCUT2D eigenvalue weighted by Crippen LogP contribution is 2.23. The Bertz CT molecular complexity index is 500. The summed E-state index contributed by atoms with van der Waals surface area (Å²) < 4.78 is 0. The van der Waals surface area contributed by atoms with Crippen molar-refractivity contribution in [3.63, 3.8) is 0 Å². The molecule has 0 aliphatic carbocycles. The molecule has 0 atom stereocenters. The first-order valence-corrected chi connectivity index (χ1v) is 4.96. The van der Waals surface area contributed by atoms with E-state index in [1.165, 1.54) is 0 Å². The molecule has 15 heavy (non-hydrogen) atoms. The van der Waals surface area contributed by atoms with Gasteiger partial charge in [0, 0.05) is 10.6 Å². The lowest BCUT2D eigenvalue weighted by atomic mass is 10.2. The number of benzene rings is 1. The van der Waals surface area contributed by atoms with Gasteiger partial charge in [0.2, 0.25) is 0 Å². The summed E-state index contributed by atoms with van der Waals surface area (Å²) in [5.74, 6) is 0.224. The highest BCUT2D eigenvalue weighted by molar-refractivity contribution is 6.31. The molecule has 0 amide bonds. The van der Waals surface area contributed by atoms with Crippen LogP contribution in [0, 0.1) is 0 Å². The smallest absolute Gasteiger partial charge is 0.171 e. The van der Waals surface area contributed by atoms with E-state index < -0.39 is 0 Å². The van der Waals surface area contributed by atoms with Crippen LogP contribution in [0.5, 0.6) is 0 Å². The van der Waals surface area contributed by atoms with Crippen molar-refractivity contribution in [1.29, 1.82) is 0 Å². The number of halogens is 2. The predicted octanol–water partition coefficient (Wildman–Crippen LogP) is 3.03. The summed E-state index contributed by atoms with van der Waals surface area (Å²) in [6, 6.07) is 7.29. The molecule has 0 saturated heterocycles. The highest BCUT2D eigenvalue weighted by Gasteiger charge is 2.04. The molecule has 0 aliphatic heterocycles. The third-order valence-corrected chi connectivity index (χ3v) is 2.39. The molecule has 1 aromatic heterocycles. The van der Waals surface area contributed by atoms with Gasteiger partial charge in [-0.05, 0) is 12.1 Å². The minimum absolute atomic E-state index is 0.201. The molecule has 5 heteroatoms. The van der Waals surface area contributed by atoms with Crippen molar-refractivity contribution >= 4 is 29.0 Å². The van der Waals surface area contributed by atoms with Gasteiger partial charge in [-0.1, -0.05) is 35.3 Å². The lowest BCUT2D eigenvalue weighted by Crippen LogP contribution is -1.95. The summed E-state index contributed by atoms with van der Waals surface area (Å²) in [6.45, 7) is 0. The molecule has 2 N–H and O–H groups in total. The van der Waals surface area contributed by atoms with Crippen LogP contribution in [0.3, 0.4) is 0 Å². The Morgan fingerprint density at radius 3 is 2.67 bits per heavy atom. The van der Waals surface area contributed by atoms with Gasteiger partial charge in [-0.3, -0.25) is 0 Å². The van der Waals surface area contributed by atoms with Crippen LogP contribution in [0.15, 0.2) is 30.5 Å². The van der Waals surface area contributed by atoms with E-state index in [1.54, 1.807) is 18.3 Å². The second-order valence-electron chi connectivity index (χ2n) is 2.94. The number of nitrogens with two attached hydrogens (primary N) is 1. The van der Waals surface area contributed by atoms with E-state index in [1.807, 2.05) is 12.1 Å². The maximum absolute atomic E-state index is 5.86. The molecule has 3 nitrogen and oxygen atoms in total. The third-order valence-electron chi connectivity index (χ3n) is 1.88. The lowest BCUT2D eigenvalue weighted by Gasteiger charge is -2.02. The standard InChI is InChI=1S/C10H7Cl2N3/c11-7-3-1-2-6(4-7)8-5-14-10(13)9(12)15-8/h1-5H,(H2,13,14). The van der Waals surface area contributed by atoms with E-state index in [0.717, 1.165) is 5.56 Å². The zero-order chi connectivity index (χ0) is 10.8. The van der Waals surface area contributed by atoms with Gasteiger partial charge < -0.3 is 5.73 Å². The monoisotopic (exact) mass is 239 g/mol. The first kappa shape index (κ1) is 10.2. The fourth-order valence-corrected chi connectivity index (χ4v) is 1.49. The Kier molecular flexibility index (Phi) is 2.75. The molecule has 0 aliphatic rings. The third kappa shape index (κ3) is 2.19. The molecule has 1 aromatic carbocycles. The normalized spacial score (nSPS) is 10.3. The Balaban J connectivity index is 2.50. The average molecular weight is 240 g/mol. The van der Waals surface area contributed by atoms with E-state index in [-0.39, 0.29) is 11.0 Å². The molecule has 2 rings (SSSR count). The van der Waals surface area contributed by atoms with Crippen molar-refractivity contribution in [2.45, 2.75) is 0 Å². The summed E-state index contributed by atoms with van der Waals surface area (Å²) in [5.41, 5.74) is 6.97. The van der Waals surface area contributed by atoms with E-state index in [2.05, 4.69) is 9.97 Å². The van der Waals surface area contributed by atoms with E-state index in [9.17, 15) is 0 Å². The summed E-state index contributed by atoms with van der Waals surface area (Å²) in [7, 11) is 0. The average Bonchev–Trinajstić information content (AvgIpc) is 2.22. The molecule has 0 radical (unpaired) electrons. The van der Waals surface area contributed by atoms with E-state index in [4.69, 9.17) is 28.9 Å². The minimum Gasteiger partial charge on any atom is -0.381 e. The predicted molar refractivity (Wildman–Crippen MR) is 61.9 cm³/mol. The van der Waals surface area contributed by atoms with Gasteiger partial charge >= 0.3 is 0 Å². The van der Waals surface area contributed by atoms with Crippen molar-refractivity contribution in [2.75, 3.05) is 5.73 Å². The maximum atomic E-state index is 5.86. The fourth-order valence-electron chi connectivity index (χ4n) is 1.16. The lowest BCUT2D eigenvalue weighted by molar-refractivity contribution is 1.22. The number of nitrogens with zero attached hydrogens (tertiary/aromatic N) is 2. The van der Waals surface area contributed by atoms with Crippen molar-refractivity contribution < 1.29 is 0 Å². The van der Waals surface area contributed by atoms with Gasteiger partial charge in [0.15, 0.2) is 11.0 Å². The van der Waals surface area contributed by atoms with Gasteiger partial charge in [0.05, 0.1) is 11.9 Å². The van der Waals surface area contributed by atoms with Gasteiger partial charge in [-0.15, -0.1) is 0 Å². The van der Waals surface area contributed by atoms with Crippen LogP contribution in [-0.4, -0.2) is 9.97 Å². The quantitative estimate of drug-likeness (QED) is 0.833. The summed E-state index contributed by atoms with van der Waals surface area (Å²) in [5, 5.41) is 0.842. The number of rotatable bonds is 1. The van der Waals surface area contributed by atoms with Crippen LogP contribution in [-0.2, 0) is 0 Å². The molecule has 0 saturated carbocycles. The largest absolute Gasteiger partial charge is 0.381 e. The molecular formula is C10H7Cl2N3. The van der Waals surface area contributed by atoms with E-state index in [0.29, 0.717) is 10.7 Å². The van der Waals surface area contributed by atoms with Crippen molar-refractivity contribution in [2.24, 2.45) is 0 Å². The van der Waals surface area contributed by atoms with Crippen LogP contribution in [0.1, 0.15) is 0 Å². The number of aromatic nitrogens is 2. The van der Waals surface area contributed by atoms with Crippen LogP contribution in [0.2, 0.25) is 10.2 Å². The van der Waals surface area contributed by atoms with Crippen molar-refractivity contribution in [3.05, 3.63) is 40.6 Å². The van der Waals surface area contributed by atoms with Crippen LogP contribution in [0.25, 0.3) is 11.3 Å². The Morgan fingerprint density at radius 2 is 2.00 bits per heavy atom. The first-order chi connectivity index (χ1) is 7.16. The summed E-state index contributed by atoms with van der Waals surface area (Å²) in [6.07, 6.45) is 1.56. The molecule has 76 valence electrons. The summed E-state index contributed by atoms with van der Waals surface area (Å²) >= 11 is 11.6. The molecule has 1 heterocycles. The number of anilines is 1. The molecule has 0 spiro atoms. The zero-order valence-corrected chi connectivity index (χ0v) is 9.13. The number of hydrogen-bond acceptors (Lipinski definition) is 3. The maximum Gasteiger partial charge on any atom is 0.171 e.